The Kier molecular flexibility index (Phi) is 3.26. The average Bonchev–Trinajstić information content (AvgIpc) is 2.01. The van der Waals surface area contributed by atoms with Crippen molar-refractivity contribution in [2.24, 2.45) is 0 Å². The van der Waals surface area contributed by atoms with Crippen molar-refractivity contribution < 1.29 is 8.91 Å². The summed E-state index contributed by atoms with van der Waals surface area (Å²) >= 11 is 0. The molecule has 78 valence electrons. The molecule has 0 fully saturated rings. The minimum Gasteiger partial charge on any atom is -0.432 e. The van der Waals surface area contributed by atoms with E-state index in [9.17, 15) is 4.80 Å². The van der Waals surface area contributed by atoms with Gasteiger partial charge in [-0.2, -0.15) is 0 Å². The fraction of sp³-hybridized carbons (Fsp3) is 0.444. The molecular formula is C9H17NO2Si2. The van der Waals surface area contributed by atoms with E-state index in [1.807, 2.05) is 18.3 Å². The van der Waals surface area contributed by atoms with Crippen molar-refractivity contribution in [2.45, 2.75) is 26.2 Å². The molecule has 0 saturated carbocycles. The molecule has 0 aliphatic carbocycles. The second kappa shape index (κ2) is 3.94. The molecule has 14 heavy (non-hydrogen) atoms. The van der Waals surface area contributed by atoms with Crippen LogP contribution in [-0.2, 0) is 4.12 Å². The summed E-state index contributed by atoms with van der Waals surface area (Å²) in [5.74, 6) is 0. The third-order valence-corrected chi connectivity index (χ3v) is 7.59. The second-order valence-corrected chi connectivity index (χ2v) is 11.6. The minimum atomic E-state index is -2.44. The highest BCUT2D eigenvalue weighted by atomic mass is 28.4. The lowest BCUT2D eigenvalue weighted by atomic mass is 10.5. The topological polar surface area (TPSA) is 42.4 Å². The van der Waals surface area contributed by atoms with Gasteiger partial charge >= 0.3 is 8.56 Å². The zero-order chi connectivity index (χ0) is 10.8. The average molecular weight is 227 g/mol. The maximum Gasteiger partial charge on any atom is 0.318 e. The van der Waals surface area contributed by atoms with Crippen molar-refractivity contribution in [3.05, 3.63) is 24.5 Å². The van der Waals surface area contributed by atoms with Crippen LogP contribution >= 0.6 is 0 Å². The highest BCUT2D eigenvalue weighted by Gasteiger charge is 2.33. The van der Waals surface area contributed by atoms with Crippen LogP contribution in [0.25, 0.3) is 0 Å². The van der Waals surface area contributed by atoms with E-state index in [1.165, 1.54) is 0 Å². The van der Waals surface area contributed by atoms with Crippen LogP contribution in [0.4, 0.5) is 0 Å². The van der Waals surface area contributed by atoms with E-state index in [-0.39, 0.29) is 0 Å². The molecule has 0 aliphatic heterocycles. The Morgan fingerprint density at radius 1 is 1.29 bits per heavy atom. The highest BCUT2D eigenvalue weighted by molar-refractivity contribution is 6.90. The summed E-state index contributed by atoms with van der Waals surface area (Å²) in [5.41, 5.74) is 0. The molecule has 1 rings (SSSR count). The molecule has 0 bridgehead atoms. The first-order valence-corrected chi connectivity index (χ1v) is 10.4. The number of pyridine rings is 1. The molecule has 1 aromatic rings. The standard InChI is InChI=1S/C9H17NO2Si2/c1-13(2,12-14(3,4)11)9-6-5-7-10-8-9/h5-8,11H,1-4H3. The van der Waals surface area contributed by atoms with Crippen molar-refractivity contribution in [1.29, 1.82) is 0 Å². The lowest BCUT2D eigenvalue weighted by molar-refractivity contribution is 0.391. The van der Waals surface area contributed by atoms with E-state index in [2.05, 4.69) is 18.1 Å². The van der Waals surface area contributed by atoms with Crippen LogP contribution in [0, 0.1) is 0 Å². The zero-order valence-corrected chi connectivity index (χ0v) is 11.1. The summed E-state index contributed by atoms with van der Waals surface area (Å²) < 4.78 is 5.80. The van der Waals surface area contributed by atoms with Gasteiger partial charge in [0.25, 0.3) is 0 Å². The van der Waals surface area contributed by atoms with Gasteiger partial charge in [-0.1, -0.05) is 6.07 Å². The molecule has 1 aromatic heterocycles. The van der Waals surface area contributed by atoms with Crippen molar-refractivity contribution in [3.63, 3.8) is 0 Å². The van der Waals surface area contributed by atoms with E-state index >= 15 is 0 Å². The van der Waals surface area contributed by atoms with E-state index in [0.717, 1.165) is 5.19 Å². The predicted octanol–water partition coefficient (Wildman–Crippen LogP) is 1.20. The summed E-state index contributed by atoms with van der Waals surface area (Å²) in [7, 11) is -4.41. The predicted molar refractivity (Wildman–Crippen MR) is 62.1 cm³/mol. The van der Waals surface area contributed by atoms with Gasteiger partial charge in [-0.3, -0.25) is 4.98 Å². The molecule has 0 spiro atoms. The van der Waals surface area contributed by atoms with Crippen molar-refractivity contribution >= 4 is 22.1 Å². The number of hydrogen-bond acceptors (Lipinski definition) is 3. The number of nitrogens with zero attached hydrogens (tertiary/aromatic N) is 1. The molecule has 0 saturated heterocycles. The van der Waals surface area contributed by atoms with Gasteiger partial charge in [0, 0.05) is 12.4 Å². The SMILES string of the molecule is C[Si](C)(O)O[Si](C)(C)c1cccnc1. The first-order chi connectivity index (χ1) is 6.31. The number of aromatic nitrogens is 1. The summed E-state index contributed by atoms with van der Waals surface area (Å²) in [6.45, 7) is 7.74. The van der Waals surface area contributed by atoms with Crippen LogP contribution in [0.1, 0.15) is 0 Å². The Morgan fingerprint density at radius 2 is 1.93 bits per heavy atom. The fourth-order valence-corrected chi connectivity index (χ4v) is 7.75. The molecule has 1 heterocycles. The van der Waals surface area contributed by atoms with Crippen LogP contribution in [-0.4, -0.2) is 26.7 Å². The molecule has 0 amide bonds. The summed E-state index contributed by atoms with van der Waals surface area (Å²) in [6.07, 6.45) is 3.57. The van der Waals surface area contributed by atoms with Crippen molar-refractivity contribution in [3.8, 4) is 0 Å². The molecule has 5 heteroatoms. The number of hydrogen-bond donors (Lipinski definition) is 1. The van der Waals surface area contributed by atoms with Gasteiger partial charge in [0.2, 0.25) is 8.32 Å². The molecule has 0 aliphatic rings. The van der Waals surface area contributed by atoms with Crippen molar-refractivity contribution in [2.75, 3.05) is 0 Å². The van der Waals surface area contributed by atoms with Gasteiger partial charge in [-0.15, -0.1) is 0 Å². The van der Waals surface area contributed by atoms with Gasteiger partial charge in [0.1, 0.15) is 0 Å². The summed E-state index contributed by atoms with van der Waals surface area (Å²) in [4.78, 5) is 13.8. The summed E-state index contributed by atoms with van der Waals surface area (Å²) in [6, 6.07) is 3.92. The van der Waals surface area contributed by atoms with E-state index in [1.54, 1.807) is 19.3 Å². The molecule has 0 atom stereocenters. The lowest BCUT2D eigenvalue weighted by Crippen LogP contribution is -2.52. The Morgan fingerprint density at radius 3 is 2.36 bits per heavy atom. The quantitative estimate of drug-likeness (QED) is 0.789. The Bertz CT molecular complexity index is 295. The van der Waals surface area contributed by atoms with Crippen molar-refractivity contribution in [1.82, 2.24) is 4.98 Å². The minimum absolute atomic E-state index is 1.12. The second-order valence-electron chi connectivity index (χ2n) is 4.30. The van der Waals surface area contributed by atoms with Gasteiger partial charge in [0.05, 0.1) is 0 Å². The lowest BCUT2D eigenvalue weighted by Gasteiger charge is -2.29. The first-order valence-electron chi connectivity index (χ1n) is 4.64. The van der Waals surface area contributed by atoms with E-state index in [4.69, 9.17) is 4.12 Å². The van der Waals surface area contributed by atoms with E-state index < -0.39 is 16.9 Å². The third kappa shape index (κ3) is 3.34. The molecule has 0 unspecified atom stereocenters. The van der Waals surface area contributed by atoms with Gasteiger partial charge in [-0.25, -0.2) is 0 Å². The third-order valence-electron chi connectivity index (χ3n) is 1.86. The van der Waals surface area contributed by atoms with E-state index in [0.29, 0.717) is 0 Å². The maximum absolute atomic E-state index is 9.75. The van der Waals surface area contributed by atoms with Crippen LogP contribution < -0.4 is 5.19 Å². The Labute approximate surface area is 87.2 Å². The largest absolute Gasteiger partial charge is 0.432 e. The molecule has 0 radical (unpaired) electrons. The van der Waals surface area contributed by atoms with Crippen LogP contribution in [0.15, 0.2) is 24.5 Å². The first kappa shape index (κ1) is 11.6. The molecule has 0 aromatic carbocycles. The Balaban J connectivity index is 2.86. The Hall–Kier alpha value is -0.496. The number of rotatable bonds is 3. The van der Waals surface area contributed by atoms with Crippen LogP contribution in [0.3, 0.4) is 0 Å². The van der Waals surface area contributed by atoms with Gasteiger partial charge in [0.15, 0.2) is 0 Å². The van der Waals surface area contributed by atoms with Crippen LogP contribution in [0.2, 0.25) is 26.2 Å². The van der Waals surface area contributed by atoms with Crippen LogP contribution in [0.5, 0.6) is 0 Å². The zero-order valence-electron chi connectivity index (χ0n) is 9.11. The molecule has 1 N–H and O–H groups in total. The fourth-order valence-electron chi connectivity index (χ4n) is 1.40. The van der Waals surface area contributed by atoms with Gasteiger partial charge in [-0.05, 0) is 37.4 Å². The molecular weight excluding hydrogens is 210 g/mol. The molecule has 3 nitrogen and oxygen atoms in total. The monoisotopic (exact) mass is 227 g/mol. The highest BCUT2D eigenvalue weighted by Crippen LogP contribution is 2.11. The normalized spacial score (nSPS) is 12.9. The summed E-state index contributed by atoms with van der Waals surface area (Å²) in [5, 5.41) is 1.12. The maximum atomic E-state index is 9.75. The van der Waals surface area contributed by atoms with Gasteiger partial charge < -0.3 is 8.91 Å². The smallest absolute Gasteiger partial charge is 0.318 e.